The van der Waals surface area contributed by atoms with Crippen molar-refractivity contribution in [2.24, 2.45) is 0 Å². The number of amides is 1. The van der Waals surface area contributed by atoms with E-state index >= 15 is 0 Å². The molecule has 0 fully saturated rings. The molecule has 0 unspecified atom stereocenters. The fourth-order valence-corrected chi connectivity index (χ4v) is 4.09. The van der Waals surface area contributed by atoms with Crippen molar-refractivity contribution in [2.45, 2.75) is 19.9 Å². The Bertz CT molecular complexity index is 1370. The molecule has 4 aromatic rings. The van der Waals surface area contributed by atoms with Crippen LogP contribution in [-0.2, 0) is 0 Å². The Labute approximate surface area is 196 Å². The number of nitrogens with one attached hydrogen (secondary N) is 2. The molecule has 0 bridgehead atoms. The van der Waals surface area contributed by atoms with Gasteiger partial charge in [0.25, 0.3) is 11.9 Å². The first-order valence-electron chi connectivity index (χ1n) is 10.6. The summed E-state index contributed by atoms with van der Waals surface area (Å²) in [5, 5.41) is 11.4. The van der Waals surface area contributed by atoms with Crippen LogP contribution in [0.1, 0.15) is 38.7 Å². The van der Waals surface area contributed by atoms with Crippen LogP contribution < -0.4 is 10.6 Å². The van der Waals surface area contributed by atoms with E-state index in [2.05, 4.69) is 58.0 Å². The third-order valence-corrected chi connectivity index (χ3v) is 5.90. The summed E-state index contributed by atoms with van der Waals surface area (Å²) in [6.07, 6.45) is 2.07. The Hall–Kier alpha value is -3.90. The maximum atomic E-state index is 12.7. The summed E-state index contributed by atoms with van der Waals surface area (Å²) in [7, 11) is 0. The molecular formula is C26H22ClN5O. The molecule has 3 aromatic carbocycles. The van der Waals surface area contributed by atoms with E-state index in [-0.39, 0.29) is 17.9 Å². The van der Waals surface area contributed by atoms with Crippen LogP contribution in [0.15, 0.2) is 78.9 Å². The number of aromatic nitrogens is 3. The second-order valence-electron chi connectivity index (χ2n) is 8.06. The Balaban J connectivity index is 1.53. The number of benzene rings is 3. The average molecular weight is 456 g/mol. The standard InChI is InChI=1S/C26H22ClN5O/c1-16-10-12-18(13-11-16)22-15-23(20-8-3-4-9-21(20)27)32-26(28-22)30-25(31-32)29-24(33)19-7-5-6-17(2)14-19/h3-15,23H,1-2H3,(H2,28,29,30,31,33)/t23-/m1/s1. The van der Waals surface area contributed by atoms with Crippen LogP contribution >= 0.6 is 11.6 Å². The lowest BCUT2D eigenvalue weighted by Gasteiger charge is -2.25. The highest BCUT2D eigenvalue weighted by atomic mass is 35.5. The lowest BCUT2D eigenvalue weighted by atomic mass is 10.0. The van der Waals surface area contributed by atoms with Crippen LogP contribution in [0.25, 0.3) is 5.70 Å². The molecule has 1 atom stereocenters. The first-order chi connectivity index (χ1) is 16.0. The van der Waals surface area contributed by atoms with E-state index in [1.165, 1.54) is 5.56 Å². The largest absolute Gasteiger partial charge is 0.324 e. The number of halogens is 1. The maximum Gasteiger partial charge on any atom is 0.258 e. The Morgan fingerprint density at radius 2 is 1.79 bits per heavy atom. The number of carbonyl (C=O) groups excluding carboxylic acids is 1. The van der Waals surface area contributed by atoms with Crippen LogP contribution in [-0.4, -0.2) is 20.7 Å². The second-order valence-corrected chi connectivity index (χ2v) is 8.47. The van der Waals surface area contributed by atoms with Crippen LogP contribution in [0.4, 0.5) is 11.9 Å². The molecule has 0 radical (unpaired) electrons. The molecule has 33 heavy (non-hydrogen) atoms. The van der Waals surface area contributed by atoms with E-state index in [1.807, 2.05) is 49.4 Å². The third kappa shape index (κ3) is 4.25. The van der Waals surface area contributed by atoms with Crippen LogP contribution in [0.3, 0.4) is 0 Å². The van der Waals surface area contributed by atoms with Gasteiger partial charge in [-0.15, -0.1) is 5.10 Å². The monoisotopic (exact) mass is 455 g/mol. The van der Waals surface area contributed by atoms with Gasteiger partial charge in [0.05, 0.1) is 0 Å². The molecule has 1 aromatic heterocycles. The molecule has 0 spiro atoms. The summed E-state index contributed by atoms with van der Waals surface area (Å²) >= 11 is 6.54. The summed E-state index contributed by atoms with van der Waals surface area (Å²) in [4.78, 5) is 17.3. The minimum absolute atomic E-state index is 0.222. The highest BCUT2D eigenvalue weighted by molar-refractivity contribution is 6.31. The Morgan fingerprint density at radius 1 is 1.00 bits per heavy atom. The van der Waals surface area contributed by atoms with E-state index in [4.69, 9.17) is 11.6 Å². The average Bonchev–Trinajstić information content (AvgIpc) is 3.21. The van der Waals surface area contributed by atoms with Crippen LogP contribution in [0.2, 0.25) is 5.02 Å². The number of aryl methyl sites for hydroxylation is 2. The number of hydrogen-bond acceptors (Lipinski definition) is 4. The smallest absolute Gasteiger partial charge is 0.258 e. The molecule has 0 aliphatic carbocycles. The zero-order valence-electron chi connectivity index (χ0n) is 18.2. The van der Waals surface area contributed by atoms with Crippen molar-refractivity contribution in [1.29, 1.82) is 0 Å². The van der Waals surface area contributed by atoms with Crippen molar-refractivity contribution in [3.63, 3.8) is 0 Å². The quantitative estimate of drug-likeness (QED) is 0.404. The van der Waals surface area contributed by atoms with E-state index in [0.717, 1.165) is 22.4 Å². The molecule has 2 heterocycles. The van der Waals surface area contributed by atoms with E-state index in [0.29, 0.717) is 16.5 Å². The van der Waals surface area contributed by atoms with Gasteiger partial charge in [-0.2, -0.15) is 4.98 Å². The first kappa shape index (κ1) is 21.0. The lowest BCUT2D eigenvalue weighted by Crippen LogP contribution is -2.20. The van der Waals surface area contributed by atoms with Crippen molar-refractivity contribution in [1.82, 2.24) is 14.8 Å². The van der Waals surface area contributed by atoms with Gasteiger partial charge in [0.15, 0.2) is 0 Å². The molecule has 7 heteroatoms. The predicted octanol–water partition coefficient (Wildman–Crippen LogP) is 5.86. The summed E-state index contributed by atoms with van der Waals surface area (Å²) in [6, 6.07) is 23.0. The molecular weight excluding hydrogens is 434 g/mol. The molecule has 5 rings (SSSR count). The number of fused-ring (bicyclic) bond motifs is 1. The number of rotatable bonds is 4. The molecule has 1 aliphatic heterocycles. The van der Waals surface area contributed by atoms with Crippen molar-refractivity contribution in [2.75, 3.05) is 10.6 Å². The minimum atomic E-state index is -0.289. The van der Waals surface area contributed by atoms with Crippen molar-refractivity contribution >= 4 is 35.1 Å². The van der Waals surface area contributed by atoms with Gasteiger partial charge >= 0.3 is 0 Å². The van der Waals surface area contributed by atoms with Crippen LogP contribution in [0.5, 0.6) is 0 Å². The molecule has 2 N–H and O–H groups in total. The van der Waals surface area contributed by atoms with Gasteiger partial charge in [-0.25, -0.2) is 4.68 Å². The summed E-state index contributed by atoms with van der Waals surface area (Å²) in [5.41, 5.74) is 5.56. The van der Waals surface area contributed by atoms with Gasteiger partial charge in [-0.05, 0) is 49.2 Å². The topological polar surface area (TPSA) is 71.8 Å². The molecule has 6 nitrogen and oxygen atoms in total. The van der Waals surface area contributed by atoms with E-state index in [1.54, 1.807) is 10.7 Å². The fraction of sp³-hybridized carbons (Fsp3) is 0.115. The predicted molar refractivity (Wildman–Crippen MR) is 132 cm³/mol. The van der Waals surface area contributed by atoms with Gasteiger partial charge < -0.3 is 5.32 Å². The molecule has 0 saturated carbocycles. The van der Waals surface area contributed by atoms with Gasteiger partial charge in [-0.1, -0.05) is 77.3 Å². The zero-order valence-corrected chi connectivity index (χ0v) is 19.0. The lowest BCUT2D eigenvalue weighted by molar-refractivity contribution is 0.102. The van der Waals surface area contributed by atoms with Gasteiger partial charge in [0, 0.05) is 16.3 Å². The van der Waals surface area contributed by atoms with Crippen LogP contribution in [0, 0.1) is 13.8 Å². The van der Waals surface area contributed by atoms with Crippen molar-refractivity contribution in [3.8, 4) is 0 Å². The number of nitrogens with zero attached hydrogens (tertiary/aromatic N) is 3. The SMILES string of the molecule is Cc1ccc(C2=C[C@H](c3ccccc3Cl)n3nc(NC(=O)c4cccc(C)c4)nc3N2)cc1. The minimum Gasteiger partial charge on any atom is -0.324 e. The number of carbonyl (C=O) groups is 1. The first-order valence-corrected chi connectivity index (χ1v) is 11.0. The number of allylic oxidation sites excluding steroid dienone is 1. The molecule has 164 valence electrons. The summed E-state index contributed by atoms with van der Waals surface area (Å²) < 4.78 is 1.74. The normalized spacial score (nSPS) is 14.8. The number of hydrogen-bond donors (Lipinski definition) is 2. The Morgan fingerprint density at radius 3 is 2.55 bits per heavy atom. The highest BCUT2D eigenvalue weighted by Crippen LogP contribution is 2.36. The zero-order chi connectivity index (χ0) is 22.9. The highest BCUT2D eigenvalue weighted by Gasteiger charge is 2.27. The van der Waals surface area contributed by atoms with E-state index in [9.17, 15) is 4.79 Å². The fourth-order valence-electron chi connectivity index (χ4n) is 3.84. The summed E-state index contributed by atoms with van der Waals surface area (Å²) in [6.45, 7) is 4.00. The molecule has 1 aliphatic rings. The molecule has 1 amide bonds. The maximum absolute atomic E-state index is 12.7. The summed E-state index contributed by atoms with van der Waals surface area (Å²) in [5.74, 6) is 0.486. The molecule has 0 saturated heterocycles. The van der Waals surface area contributed by atoms with Gasteiger partial charge in [-0.3, -0.25) is 10.1 Å². The third-order valence-electron chi connectivity index (χ3n) is 5.56. The van der Waals surface area contributed by atoms with Gasteiger partial charge in [0.1, 0.15) is 6.04 Å². The second kappa shape index (κ2) is 8.56. The Kier molecular flexibility index (Phi) is 5.44. The number of anilines is 2. The van der Waals surface area contributed by atoms with Crippen molar-refractivity contribution in [3.05, 3.63) is 112 Å². The van der Waals surface area contributed by atoms with E-state index < -0.39 is 0 Å². The van der Waals surface area contributed by atoms with Gasteiger partial charge in [0.2, 0.25) is 5.95 Å². The van der Waals surface area contributed by atoms with Crippen molar-refractivity contribution < 1.29 is 4.79 Å².